The molecule has 0 unspecified atom stereocenters. The van der Waals surface area contributed by atoms with E-state index in [0.717, 1.165) is 24.2 Å². The van der Waals surface area contributed by atoms with Crippen molar-refractivity contribution in [3.05, 3.63) is 41.7 Å². The van der Waals surface area contributed by atoms with E-state index in [9.17, 15) is 13.2 Å². The normalized spacial score (nSPS) is 15.4. The monoisotopic (exact) mass is 282 g/mol. The molecule has 0 aliphatic heterocycles. The van der Waals surface area contributed by atoms with Crippen LogP contribution in [0.2, 0.25) is 0 Å². The quantitative estimate of drug-likeness (QED) is 0.852. The number of aromatic nitrogens is 2. The number of nitrogens with zero attached hydrogens (tertiary/aromatic N) is 2. The van der Waals surface area contributed by atoms with Crippen molar-refractivity contribution >= 4 is 0 Å². The van der Waals surface area contributed by atoms with Crippen LogP contribution in [0.1, 0.15) is 30.1 Å². The maximum absolute atomic E-state index is 12.3. The van der Waals surface area contributed by atoms with Crippen molar-refractivity contribution in [2.75, 3.05) is 0 Å². The number of rotatable bonds is 3. The van der Waals surface area contributed by atoms with E-state index in [2.05, 4.69) is 9.84 Å². The van der Waals surface area contributed by atoms with Gasteiger partial charge in [0, 0.05) is 17.7 Å². The standard InChI is InChI=1S/C14H13F3N2O/c1-9-7-13(10-5-6-10)19(18-9)11-3-2-4-12(8-11)20-14(15,16)17/h2-4,7-8,10H,5-6H2,1H3. The van der Waals surface area contributed by atoms with Gasteiger partial charge in [0.1, 0.15) is 5.75 Å². The summed E-state index contributed by atoms with van der Waals surface area (Å²) in [5.74, 6) is 0.230. The van der Waals surface area contributed by atoms with E-state index in [1.807, 2.05) is 13.0 Å². The molecule has 0 saturated heterocycles. The third-order valence-electron chi connectivity index (χ3n) is 3.15. The first-order chi connectivity index (χ1) is 9.42. The summed E-state index contributed by atoms with van der Waals surface area (Å²) in [5.41, 5.74) is 2.49. The third-order valence-corrected chi connectivity index (χ3v) is 3.15. The first-order valence-corrected chi connectivity index (χ1v) is 6.35. The molecular weight excluding hydrogens is 269 g/mol. The van der Waals surface area contributed by atoms with E-state index in [1.165, 1.54) is 18.2 Å². The van der Waals surface area contributed by atoms with E-state index < -0.39 is 6.36 Å². The zero-order valence-corrected chi connectivity index (χ0v) is 10.8. The molecule has 0 spiro atoms. The summed E-state index contributed by atoms with van der Waals surface area (Å²) in [5, 5.41) is 4.36. The van der Waals surface area contributed by atoms with E-state index in [0.29, 0.717) is 11.6 Å². The molecule has 3 rings (SSSR count). The molecule has 3 nitrogen and oxygen atoms in total. The Kier molecular flexibility index (Phi) is 2.96. The lowest BCUT2D eigenvalue weighted by Gasteiger charge is -2.11. The van der Waals surface area contributed by atoms with Crippen LogP contribution in [0.4, 0.5) is 13.2 Å². The lowest BCUT2D eigenvalue weighted by Crippen LogP contribution is -2.17. The minimum atomic E-state index is -4.68. The lowest BCUT2D eigenvalue weighted by atomic mass is 10.2. The molecule has 0 atom stereocenters. The average Bonchev–Trinajstić information content (AvgIpc) is 3.11. The van der Waals surface area contributed by atoms with Gasteiger partial charge in [0.05, 0.1) is 11.4 Å². The Balaban J connectivity index is 1.96. The first-order valence-electron chi connectivity index (χ1n) is 6.35. The summed E-state index contributed by atoms with van der Waals surface area (Å²) in [6, 6.07) is 7.87. The Bertz CT molecular complexity index is 630. The van der Waals surface area contributed by atoms with Gasteiger partial charge in [-0.1, -0.05) is 6.07 Å². The van der Waals surface area contributed by atoms with Crippen LogP contribution in [0.5, 0.6) is 5.75 Å². The summed E-state index contributed by atoms with van der Waals surface area (Å²) in [4.78, 5) is 0. The summed E-state index contributed by atoms with van der Waals surface area (Å²) in [6.07, 6.45) is -2.48. The fourth-order valence-corrected chi connectivity index (χ4v) is 2.21. The van der Waals surface area contributed by atoms with Crippen molar-refractivity contribution in [3.8, 4) is 11.4 Å². The van der Waals surface area contributed by atoms with Crippen LogP contribution < -0.4 is 4.74 Å². The topological polar surface area (TPSA) is 27.1 Å². The van der Waals surface area contributed by atoms with Gasteiger partial charge in [0.25, 0.3) is 0 Å². The largest absolute Gasteiger partial charge is 0.573 e. The number of hydrogen-bond donors (Lipinski definition) is 0. The highest BCUT2D eigenvalue weighted by molar-refractivity contribution is 5.41. The molecule has 1 aliphatic rings. The molecule has 1 heterocycles. The molecule has 0 radical (unpaired) electrons. The molecule has 6 heteroatoms. The van der Waals surface area contributed by atoms with Gasteiger partial charge in [-0.2, -0.15) is 5.10 Å². The zero-order valence-electron chi connectivity index (χ0n) is 10.8. The second kappa shape index (κ2) is 4.54. The van der Waals surface area contributed by atoms with Crippen molar-refractivity contribution < 1.29 is 17.9 Å². The van der Waals surface area contributed by atoms with Crippen molar-refractivity contribution in [1.29, 1.82) is 0 Å². The molecule has 106 valence electrons. The van der Waals surface area contributed by atoms with Crippen molar-refractivity contribution in [2.24, 2.45) is 0 Å². The number of aryl methyl sites for hydroxylation is 1. The fraction of sp³-hybridized carbons (Fsp3) is 0.357. The maximum atomic E-state index is 12.3. The van der Waals surface area contributed by atoms with Crippen molar-refractivity contribution in [3.63, 3.8) is 0 Å². The van der Waals surface area contributed by atoms with Gasteiger partial charge in [-0.15, -0.1) is 13.2 Å². The maximum Gasteiger partial charge on any atom is 0.573 e. The second-order valence-corrected chi connectivity index (χ2v) is 4.94. The fourth-order valence-electron chi connectivity index (χ4n) is 2.21. The number of alkyl halides is 3. The van der Waals surface area contributed by atoms with Crippen molar-refractivity contribution in [1.82, 2.24) is 9.78 Å². The van der Waals surface area contributed by atoms with E-state index in [-0.39, 0.29) is 5.75 Å². The molecule has 2 aromatic rings. The predicted molar refractivity (Wildman–Crippen MR) is 67.0 cm³/mol. The molecule has 20 heavy (non-hydrogen) atoms. The van der Waals surface area contributed by atoms with Crippen LogP contribution in [0.15, 0.2) is 30.3 Å². The van der Waals surface area contributed by atoms with E-state index >= 15 is 0 Å². The van der Waals surface area contributed by atoms with Gasteiger partial charge in [-0.25, -0.2) is 4.68 Å². The lowest BCUT2D eigenvalue weighted by molar-refractivity contribution is -0.274. The van der Waals surface area contributed by atoms with Crippen LogP contribution in [0.25, 0.3) is 5.69 Å². The molecular formula is C14H13F3N2O. The summed E-state index contributed by atoms with van der Waals surface area (Å²) >= 11 is 0. The summed E-state index contributed by atoms with van der Waals surface area (Å²) in [6.45, 7) is 1.87. The van der Waals surface area contributed by atoms with Crippen LogP contribution in [-0.4, -0.2) is 16.1 Å². The van der Waals surface area contributed by atoms with Crippen LogP contribution in [-0.2, 0) is 0 Å². The van der Waals surface area contributed by atoms with Gasteiger partial charge >= 0.3 is 6.36 Å². The molecule has 1 aromatic carbocycles. The third kappa shape index (κ3) is 2.79. The van der Waals surface area contributed by atoms with Gasteiger partial charge in [0.2, 0.25) is 0 Å². The average molecular weight is 282 g/mol. The minimum absolute atomic E-state index is 0.232. The molecule has 1 fully saturated rings. The Morgan fingerprint density at radius 3 is 2.65 bits per heavy atom. The Hall–Kier alpha value is -1.98. The number of hydrogen-bond acceptors (Lipinski definition) is 2. The Morgan fingerprint density at radius 2 is 2.00 bits per heavy atom. The number of ether oxygens (including phenoxy) is 1. The number of halogens is 3. The van der Waals surface area contributed by atoms with Crippen LogP contribution in [0.3, 0.4) is 0 Å². The molecule has 0 amide bonds. The SMILES string of the molecule is Cc1cc(C2CC2)n(-c2cccc(OC(F)(F)F)c2)n1. The van der Waals surface area contributed by atoms with Crippen LogP contribution >= 0.6 is 0 Å². The predicted octanol–water partition coefficient (Wildman–Crippen LogP) is 3.96. The number of benzene rings is 1. The van der Waals surface area contributed by atoms with Gasteiger partial charge in [0.15, 0.2) is 0 Å². The zero-order chi connectivity index (χ0) is 14.3. The molecule has 1 aromatic heterocycles. The van der Waals surface area contributed by atoms with E-state index in [4.69, 9.17) is 0 Å². The minimum Gasteiger partial charge on any atom is -0.406 e. The molecule has 1 saturated carbocycles. The molecule has 1 aliphatic carbocycles. The van der Waals surface area contributed by atoms with E-state index in [1.54, 1.807) is 10.7 Å². The highest BCUT2D eigenvalue weighted by Crippen LogP contribution is 2.41. The van der Waals surface area contributed by atoms with Gasteiger partial charge < -0.3 is 4.74 Å². The Morgan fingerprint density at radius 1 is 1.25 bits per heavy atom. The van der Waals surface area contributed by atoms with Gasteiger partial charge in [-0.3, -0.25) is 0 Å². The first kappa shape index (κ1) is 13.0. The highest BCUT2D eigenvalue weighted by Gasteiger charge is 2.31. The van der Waals surface area contributed by atoms with Crippen LogP contribution in [0, 0.1) is 6.92 Å². The van der Waals surface area contributed by atoms with Crippen molar-refractivity contribution in [2.45, 2.75) is 32.0 Å². The second-order valence-electron chi connectivity index (χ2n) is 4.94. The molecule has 0 N–H and O–H groups in total. The highest BCUT2D eigenvalue weighted by atomic mass is 19.4. The summed E-state index contributed by atoms with van der Waals surface area (Å²) in [7, 11) is 0. The smallest absolute Gasteiger partial charge is 0.406 e. The molecule has 0 bridgehead atoms. The Labute approximate surface area is 114 Å². The van der Waals surface area contributed by atoms with Gasteiger partial charge in [-0.05, 0) is 38.0 Å². The summed E-state index contributed by atoms with van der Waals surface area (Å²) < 4.78 is 42.4.